The van der Waals surface area contributed by atoms with Crippen molar-refractivity contribution in [2.45, 2.75) is 31.8 Å². The molecule has 0 aliphatic carbocycles. The Balaban J connectivity index is 0.00000289. The van der Waals surface area contributed by atoms with Crippen LogP contribution in [0.25, 0.3) is 0 Å². The van der Waals surface area contributed by atoms with Crippen LogP contribution in [-0.2, 0) is 11.3 Å². The number of ether oxygens (including phenoxy) is 1. The lowest BCUT2D eigenvalue weighted by molar-refractivity contribution is 0.0177. The first-order chi connectivity index (χ1) is 15.3. The third-order valence-corrected chi connectivity index (χ3v) is 6.97. The van der Waals surface area contributed by atoms with E-state index in [-0.39, 0.29) is 24.0 Å². The van der Waals surface area contributed by atoms with E-state index < -0.39 is 0 Å². The number of pyridine rings is 1. The van der Waals surface area contributed by atoms with E-state index in [0.29, 0.717) is 6.04 Å². The van der Waals surface area contributed by atoms with E-state index in [1.54, 1.807) is 0 Å². The molecule has 9 heteroatoms. The average Bonchev–Trinajstić information content (AvgIpc) is 3.37. The number of piperidine rings is 1. The molecule has 2 aliphatic rings. The summed E-state index contributed by atoms with van der Waals surface area (Å²) in [6, 6.07) is 8.96. The summed E-state index contributed by atoms with van der Waals surface area (Å²) in [7, 11) is 1.83. The highest BCUT2D eigenvalue weighted by atomic mass is 127. The average molecular weight is 571 g/mol. The standard InChI is InChI=1S/C23H34N6OS.HI/c1-24-23(26-17-19-7-8-25-22(16-19)29-9-3-2-4-10-29)27-18-20(21-6-5-15-31-21)28-11-13-30-14-12-28;/h5-8,15-16,20H,2-4,9-14,17-18H2,1H3,(H2,24,26,27);1H. The highest BCUT2D eigenvalue weighted by Crippen LogP contribution is 2.25. The molecule has 2 N–H and O–H groups in total. The van der Waals surface area contributed by atoms with Crippen LogP contribution in [0.15, 0.2) is 40.8 Å². The molecule has 0 spiro atoms. The number of guanidine groups is 1. The molecule has 2 fully saturated rings. The van der Waals surface area contributed by atoms with Gasteiger partial charge in [-0.15, -0.1) is 35.3 Å². The first kappa shape index (κ1) is 25.2. The van der Waals surface area contributed by atoms with Crippen LogP contribution in [0.1, 0.15) is 35.7 Å². The van der Waals surface area contributed by atoms with E-state index >= 15 is 0 Å². The molecule has 4 rings (SSSR count). The number of aromatic nitrogens is 1. The van der Waals surface area contributed by atoms with Crippen LogP contribution < -0.4 is 15.5 Å². The Labute approximate surface area is 212 Å². The molecule has 4 heterocycles. The van der Waals surface area contributed by atoms with Crippen LogP contribution in [0.5, 0.6) is 0 Å². The lowest BCUT2D eigenvalue weighted by Gasteiger charge is -2.34. The topological polar surface area (TPSA) is 65.0 Å². The number of nitrogens with zero attached hydrogens (tertiary/aromatic N) is 4. The van der Waals surface area contributed by atoms with E-state index in [1.807, 2.05) is 24.6 Å². The van der Waals surface area contributed by atoms with Gasteiger partial charge < -0.3 is 20.3 Å². The molecule has 1 atom stereocenters. The van der Waals surface area contributed by atoms with Crippen LogP contribution >= 0.6 is 35.3 Å². The SMILES string of the molecule is CN=C(NCc1ccnc(N2CCCCC2)c1)NCC(c1cccs1)N1CCOCC1.I. The Kier molecular flexibility index (Phi) is 10.5. The molecule has 7 nitrogen and oxygen atoms in total. The van der Waals surface area contributed by atoms with Crippen LogP contribution in [0.2, 0.25) is 0 Å². The quantitative estimate of drug-likeness (QED) is 0.302. The van der Waals surface area contributed by atoms with E-state index in [0.717, 1.165) is 64.3 Å². The van der Waals surface area contributed by atoms with Gasteiger partial charge in [0, 0.05) is 57.4 Å². The molecular formula is C23H35IN6OS. The third kappa shape index (κ3) is 7.03. The van der Waals surface area contributed by atoms with Gasteiger partial charge in [0.05, 0.1) is 19.3 Å². The van der Waals surface area contributed by atoms with Crippen LogP contribution in [0, 0.1) is 0 Å². The minimum absolute atomic E-state index is 0. The van der Waals surface area contributed by atoms with Crippen molar-refractivity contribution in [3.63, 3.8) is 0 Å². The number of nitrogens with one attached hydrogen (secondary N) is 2. The van der Waals surface area contributed by atoms with Gasteiger partial charge in [-0.3, -0.25) is 9.89 Å². The maximum atomic E-state index is 5.55. The van der Waals surface area contributed by atoms with Crippen molar-refractivity contribution in [3.05, 3.63) is 46.3 Å². The van der Waals surface area contributed by atoms with E-state index in [1.165, 1.54) is 29.7 Å². The Morgan fingerprint density at radius 3 is 2.69 bits per heavy atom. The first-order valence-corrected chi connectivity index (χ1v) is 12.2. The van der Waals surface area contributed by atoms with Crippen molar-refractivity contribution in [2.75, 3.05) is 57.9 Å². The number of thiophene rings is 1. The fraction of sp³-hybridized carbons (Fsp3) is 0.565. The minimum Gasteiger partial charge on any atom is -0.379 e. The molecule has 0 aromatic carbocycles. The van der Waals surface area contributed by atoms with E-state index in [4.69, 9.17) is 4.74 Å². The number of morpholine rings is 1. The lowest BCUT2D eigenvalue weighted by atomic mass is 10.1. The third-order valence-electron chi connectivity index (χ3n) is 5.99. The van der Waals surface area contributed by atoms with Gasteiger partial charge in [-0.1, -0.05) is 6.07 Å². The molecule has 176 valence electrons. The summed E-state index contributed by atoms with van der Waals surface area (Å²) in [6.45, 7) is 7.29. The minimum atomic E-state index is 0. The van der Waals surface area contributed by atoms with Crippen molar-refractivity contribution < 1.29 is 4.74 Å². The smallest absolute Gasteiger partial charge is 0.191 e. The molecular weight excluding hydrogens is 535 g/mol. The second kappa shape index (κ2) is 13.3. The first-order valence-electron chi connectivity index (χ1n) is 11.3. The number of aliphatic imine (C=N–C) groups is 1. The number of halogens is 1. The van der Waals surface area contributed by atoms with Crippen molar-refractivity contribution in [1.29, 1.82) is 0 Å². The summed E-state index contributed by atoms with van der Waals surface area (Å²) >= 11 is 1.81. The van der Waals surface area contributed by atoms with Crippen molar-refractivity contribution in [3.8, 4) is 0 Å². The fourth-order valence-electron chi connectivity index (χ4n) is 4.25. The molecule has 2 aromatic rings. The van der Waals surface area contributed by atoms with Gasteiger partial charge in [0.25, 0.3) is 0 Å². The highest BCUT2D eigenvalue weighted by Gasteiger charge is 2.23. The zero-order valence-corrected chi connectivity index (χ0v) is 22.0. The number of hydrogen-bond acceptors (Lipinski definition) is 6. The summed E-state index contributed by atoms with van der Waals surface area (Å²) in [5.74, 6) is 1.91. The van der Waals surface area contributed by atoms with Crippen LogP contribution in [-0.4, -0.2) is 68.8 Å². The molecule has 2 aliphatic heterocycles. The maximum Gasteiger partial charge on any atom is 0.191 e. The van der Waals surface area contributed by atoms with Gasteiger partial charge >= 0.3 is 0 Å². The van der Waals surface area contributed by atoms with Crippen LogP contribution in [0.3, 0.4) is 0 Å². The summed E-state index contributed by atoms with van der Waals surface area (Å²) < 4.78 is 5.55. The molecule has 1 unspecified atom stereocenters. The zero-order chi connectivity index (χ0) is 21.3. The second-order valence-corrected chi connectivity index (χ2v) is 9.04. The maximum absolute atomic E-state index is 5.55. The molecule has 2 aromatic heterocycles. The Bertz CT molecular complexity index is 822. The Hall–Kier alpha value is -1.43. The van der Waals surface area contributed by atoms with Crippen molar-refractivity contribution in [1.82, 2.24) is 20.5 Å². The van der Waals surface area contributed by atoms with Crippen molar-refractivity contribution >= 4 is 47.1 Å². The summed E-state index contributed by atoms with van der Waals surface area (Å²) in [4.78, 5) is 15.3. The molecule has 0 bridgehead atoms. The Morgan fingerprint density at radius 2 is 1.97 bits per heavy atom. The molecule has 32 heavy (non-hydrogen) atoms. The van der Waals surface area contributed by atoms with Gasteiger partial charge in [-0.05, 0) is 48.4 Å². The molecule has 0 radical (unpaired) electrons. The highest BCUT2D eigenvalue weighted by molar-refractivity contribution is 14.0. The Morgan fingerprint density at radius 1 is 1.16 bits per heavy atom. The summed E-state index contributed by atoms with van der Waals surface area (Å²) in [6.07, 6.45) is 5.77. The second-order valence-electron chi connectivity index (χ2n) is 8.06. The molecule has 0 amide bonds. The predicted octanol–water partition coefficient (Wildman–Crippen LogP) is 3.49. The normalized spacial score (nSPS) is 18.7. The van der Waals surface area contributed by atoms with Crippen molar-refractivity contribution in [2.24, 2.45) is 4.99 Å². The summed E-state index contributed by atoms with van der Waals surface area (Å²) in [5.41, 5.74) is 1.22. The number of hydrogen-bond donors (Lipinski definition) is 2. The largest absolute Gasteiger partial charge is 0.379 e. The molecule has 2 saturated heterocycles. The zero-order valence-electron chi connectivity index (χ0n) is 18.8. The van der Waals surface area contributed by atoms with Gasteiger partial charge in [-0.25, -0.2) is 4.98 Å². The van der Waals surface area contributed by atoms with E-state index in [2.05, 4.69) is 60.1 Å². The van der Waals surface area contributed by atoms with Crippen LogP contribution in [0.4, 0.5) is 5.82 Å². The molecule has 0 saturated carbocycles. The number of anilines is 1. The fourth-order valence-corrected chi connectivity index (χ4v) is 5.11. The van der Waals surface area contributed by atoms with Gasteiger partial charge in [0.15, 0.2) is 5.96 Å². The lowest BCUT2D eigenvalue weighted by Crippen LogP contribution is -2.46. The van der Waals surface area contributed by atoms with E-state index in [9.17, 15) is 0 Å². The summed E-state index contributed by atoms with van der Waals surface area (Å²) in [5, 5.41) is 9.16. The predicted molar refractivity (Wildman–Crippen MR) is 143 cm³/mol. The van der Waals surface area contributed by atoms with Gasteiger partial charge in [0.2, 0.25) is 0 Å². The monoisotopic (exact) mass is 570 g/mol. The van der Waals surface area contributed by atoms with Gasteiger partial charge in [0.1, 0.15) is 5.82 Å². The van der Waals surface area contributed by atoms with Gasteiger partial charge in [-0.2, -0.15) is 0 Å². The number of rotatable bonds is 7.